The van der Waals surface area contributed by atoms with Gasteiger partial charge >= 0.3 is 5.97 Å². The first-order valence-corrected chi connectivity index (χ1v) is 9.13. The highest BCUT2D eigenvalue weighted by Gasteiger charge is 2.36. The van der Waals surface area contributed by atoms with Crippen LogP contribution in [-0.4, -0.2) is 59.0 Å². The van der Waals surface area contributed by atoms with E-state index in [1.54, 1.807) is 13.8 Å². The molecule has 2 rings (SSSR count). The molecule has 9 nitrogen and oxygen atoms in total. The van der Waals surface area contributed by atoms with Gasteiger partial charge in [0, 0.05) is 13.1 Å². The lowest BCUT2D eigenvalue weighted by molar-refractivity contribution is -0.142. The number of aliphatic carboxylic acids is 1. The fourth-order valence-electron chi connectivity index (χ4n) is 2.82. The summed E-state index contributed by atoms with van der Waals surface area (Å²) in [6.07, 6.45) is 1.06. The molecule has 1 amide bonds. The first-order chi connectivity index (χ1) is 11.1. The molecule has 1 aromatic heterocycles. The number of aromatic nitrogens is 2. The Bertz CT molecular complexity index is 723. The zero-order valence-corrected chi connectivity index (χ0v) is 14.7. The minimum Gasteiger partial charge on any atom is -0.480 e. The first kappa shape index (κ1) is 18.4. The van der Waals surface area contributed by atoms with E-state index in [0.717, 1.165) is 0 Å². The van der Waals surface area contributed by atoms with E-state index in [0.29, 0.717) is 30.8 Å². The number of amides is 1. The monoisotopic (exact) mass is 358 g/mol. The van der Waals surface area contributed by atoms with E-state index >= 15 is 0 Å². The van der Waals surface area contributed by atoms with E-state index in [9.17, 15) is 18.0 Å². The summed E-state index contributed by atoms with van der Waals surface area (Å²) in [7, 11) is -3.75. The third-order valence-electron chi connectivity index (χ3n) is 4.14. The van der Waals surface area contributed by atoms with E-state index in [1.165, 1.54) is 11.2 Å². The molecule has 0 aliphatic carbocycles. The Morgan fingerprint density at radius 2 is 2.08 bits per heavy atom. The molecule has 1 aliphatic rings. The molecular weight excluding hydrogens is 336 g/mol. The molecule has 1 fully saturated rings. The van der Waals surface area contributed by atoms with Crippen molar-refractivity contribution >= 4 is 21.9 Å². The zero-order chi connectivity index (χ0) is 18.1. The van der Waals surface area contributed by atoms with E-state index in [1.807, 2.05) is 0 Å². The van der Waals surface area contributed by atoms with Crippen molar-refractivity contribution in [3.8, 4) is 0 Å². The molecule has 1 saturated heterocycles. The van der Waals surface area contributed by atoms with Gasteiger partial charge in [-0.25, -0.2) is 8.42 Å². The van der Waals surface area contributed by atoms with Crippen LogP contribution < -0.4 is 5.32 Å². The van der Waals surface area contributed by atoms with Crippen LogP contribution in [0, 0.1) is 19.8 Å². The van der Waals surface area contributed by atoms with Gasteiger partial charge in [-0.1, -0.05) is 0 Å². The van der Waals surface area contributed by atoms with Crippen molar-refractivity contribution < 1.29 is 23.1 Å². The van der Waals surface area contributed by atoms with Gasteiger partial charge in [-0.05, 0) is 33.6 Å². The average Bonchev–Trinajstić information content (AvgIpc) is 2.86. The Balaban J connectivity index is 2.16. The molecule has 2 atom stereocenters. The van der Waals surface area contributed by atoms with E-state index in [2.05, 4.69) is 15.5 Å². The smallest absolute Gasteiger partial charge is 0.325 e. The second-order valence-corrected chi connectivity index (χ2v) is 7.91. The van der Waals surface area contributed by atoms with Crippen LogP contribution in [0.15, 0.2) is 4.90 Å². The molecule has 2 heterocycles. The van der Waals surface area contributed by atoms with Gasteiger partial charge in [-0.15, -0.1) is 0 Å². The van der Waals surface area contributed by atoms with Crippen LogP contribution in [0.3, 0.4) is 0 Å². The van der Waals surface area contributed by atoms with Gasteiger partial charge in [0.05, 0.1) is 17.3 Å². The Morgan fingerprint density at radius 1 is 1.42 bits per heavy atom. The maximum atomic E-state index is 12.8. The number of carboxylic acid groups (broad SMARTS) is 1. The molecule has 24 heavy (non-hydrogen) atoms. The third-order valence-corrected chi connectivity index (χ3v) is 6.27. The number of rotatable bonds is 5. The zero-order valence-electron chi connectivity index (χ0n) is 13.9. The summed E-state index contributed by atoms with van der Waals surface area (Å²) < 4.78 is 26.9. The lowest BCUT2D eigenvalue weighted by atomic mass is 9.98. The molecule has 0 bridgehead atoms. The summed E-state index contributed by atoms with van der Waals surface area (Å²) in [5.41, 5.74) is 0.845. The predicted octanol–water partition coefficient (Wildman–Crippen LogP) is 0.0165. The number of carbonyl (C=O) groups is 2. The number of nitrogens with zero attached hydrogens (tertiary/aromatic N) is 2. The number of H-pyrrole nitrogens is 1. The van der Waals surface area contributed by atoms with Crippen molar-refractivity contribution in [2.45, 2.75) is 44.6 Å². The number of hydrogen-bond donors (Lipinski definition) is 3. The SMILES string of the molecule is Cc1n[nH]c(C)c1S(=O)(=O)N1CCCC(C(=O)N[C@H](C)C(=O)O)C1. The number of sulfonamides is 1. The Hall–Kier alpha value is -1.94. The average molecular weight is 358 g/mol. The topological polar surface area (TPSA) is 132 Å². The second-order valence-electron chi connectivity index (χ2n) is 6.03. The van der Waals surface area contributed by atoms with E-state index in [-0.39, 0.29) is 11.4 Å². The minimum absolute atomic E-state index is 0.0323. The van der Waals surface area contributed by atoms with Crippen molar-refractivity contribution in [3.05, 3.63) is 11.4 Å². The first-order valence-electron chi connectivity index (χ1n) is 7.69. The molecule has 1 aliphatic heterocycles. The van der Waals surface area contributed by atoms with Crippen LogP contribution in [-0.2, 0) is 19.6 Å². The van der Waals surface area contributed by atoms with E-state index in [4.69, 9.17) is 5.11 Å². The summed E-state index contributed by atoms with van der Waals surface area (Å²) in [6.45, 7) is 4.97. The summed E-state index contributed by atoms with van der Waals surface area (Å²) in [6, 6.07) is -1.01. The van der Waals surface area contributed by atoms with Crippen LogP contribution in [0.25, 0.3) is 0 Å². The highest BCUT2D eigenvalue weighted by atomic mass is 32.2. The van der Waals surface area contributed by atoms with Gasteiger partial charge in [-0.2, -0.15) is 9.40 Å². The maximum Gasteiger partial charge on any atom is 0.325 e. The van der Waals surface area contributed by atoms with Gasteiger partial charge in [0.2, 0.25) is 15.9 Å². The fourth-order valence-corrected chi connectivity index (χ4v) is 4.67. The molecule has 0 radical (unpaired) electrons. The summed E-state index contributed by atoms with van der Waals surface area (Å²) in [4.78, 5) is 23.2. The lowest BCUT2D eigenvalue weighted by Crippen LogP contribution is -2.48. The molecule has 1 unspecified atom stereocenters. The Morgan fingerprint density at radius 3 is 2.62 bits per heavy atom. The van der Waals surface area contributed by atoms with Gasteiger partial charge in [0.15, 0.2) is 0 Å². The largest absolute Gasteiger partial charge is 0.480 e. The van der Waals surface area contributed by atoms with Gasteiger partial charge in [0.25, 0.3) is 0 Å². The van der Waals surface area contributed by atoms with Gasteiger partial charge in [-0.3, -0.25) is 14.7 Å². The summed E-state index contributed by atoms with van der Waals surface area (Å²) >= 11 is 0. The normalized spacial score (nSPS) is 20.5. The van der Waals surface area contributed by atoms with Crippen molar-refractivity contribution in [2.75, 3.05) is 13.1 Å². The summed E-state index contributed by atoms with van der Waals surface area (Å²) in [5, 5.41) is 17.8. The van der Waals surface area contributed by atoms with Crippen LogP contribution in [0.1, 0.15) is 31.2 Å². The molecule has 0 aromatic carbocycles. The molecule has 134 valence electrons. The third kappa shape index (κ3) is 3.59. The highest BCUT2D eigenvalue weighted by molar-refractivity contribution is 7.89. The van der Waals surface area contributed by atoms with Crippen LogP contribution in [0.2, 0.25) is 0 Å². The van der Waals surface area contributed by atoms with E-state index < -0.39 is 33.9 Å². The molecule has 0 saturated carbocycles. The second kappa shape index (κ2) is 6.89. The van der Waals surface area contributed by atoms with Crippen molar-refractivity contribution in [1.82, 2.24) is 19.8 Å². The Kier molecular flexibility index (Phi) is 5.29. The number of hydrogen-bond acceptors (Lipinski definition) is 5. The molecule has 3 N–H and O–H groups in total. The minimum atomic E-state index is -3.75. The van der Waals surface area contributed by atoms with Gasteiger partial charge < -0.3 is 10.4 Å². The standard InChI is InChI=1S/C14H22N4O5S/c1-8-12(9(2)17-16-8)24(22,23)18-6-4-5-11(7-18)13(19)15-10(3)14(20)21/h10-11H,4-7H2,1-3H3,(H,15,19)(H,16,17)(H,20,21)/t10-,11?/m1/s1. The number of carbonyl (C=O) groups excluding carboxylic acids is 1. The van der Waals surface area contributed by atoms with Gasteiger partial charge in [0.1, 0.15) is 10.9 Å². The number of piperidine rings is 1. The highest BCUT2D eigenvalue weighted by Crippen LogP contribution is 2.26. The number of aryl methyl sites for hydroxylation is 2. The van der Waals surface area contributed by atoms with Crippen molar-refractivity contribution in [1.29, 1.82) is 0 Å². The molecular formula is C14H22N4O5S. The predicted molar refractivity (Wildman–Crippen MR) is 84.8 cm³/mol. The Labute approximate surface area is 140 Å². The maximum absolute atomic E-state index is 12.8. The molecule has 1 aromatic rings. The van der Waals surface area contributed by atoms with Crippen LogP contribution >= 0.6 is 0 Å². The molecule has 0 spiro atoms. The number of aromatic amines is 1. The van der Waals surface area contributed by atoms with Crippen LogP contribution in [0.5, 0.6) is 0 Å². The molecule has 10 heteroatoms. The lowest BCUT2D eigenvalue weighted by Gasteiger charge is -2.31. The van der Waals surface area contributed by atoms with Crippen LogP contribution in [0.4, 0.5) is 0 Å². The number of nitrogens with one attached hydrogen (secondary N) is 2. The fraction of sp³-hybridized carbons (Fsp3) is 0.643. The summed E-state index contributed by atoms with van der Waals surface area (Å²) in [5.74, 6) is -2.14. The van der Waals surface area contributed by atoms with Crippen molar-refractivity contribution in [2.24, 2.45) is 5.92 Å². The number of carboxylic acids is 1. The quantitative estimate of drug-likeness (QED) is 0.679. The van der Waals surface area contributed by atoms with Crippen molar-refractivity contribution in [3.63, 3.8) is 0 Å².